The molecule has 0 aromatic rings. The zero-order valence-electron chi connectivity index (χ0n) is 7.33. The molecule has 1 unspecified atom stereocenters. The molecule has 1 atom stereocenters. The van der Waals surface area contributed by atoms with Gasteiger partial charge in [0.2, 0.25) is 5.24 Å². The van der Waals surface area contributed by atoms with Gasteiger partial charge >= 0.3 is 0 Å². The first-order chi connectivity index (χ1) is 6.01. The summed E-state index contributed by atoms with van der Waals surface area (Å²) >= 11 is 10.5. The van der Waals surface area contributed by atoms with Gasteiger partial charge in [0, 0.05) is 5.88 Å². The molecule has 0 aromatic heterocycles. The zero-order chi connectivity index (χ0) is 10.5. The number of hydrogen-bond donors (Lipinski definition) is 0. The molecule has 0 aliphatic heterocycles. The Balaban J connectivity index is 4.55. The Kier molecular flexibility index (Phi) is 5.81. The maximum Gasteiger partial charge on any atom is 0.252 e. The average Bonchev–Trinajstić information content (AvgIpc) is 2.05. The quantitative estimate of drug-likeness (QED) is 0.507. The van der Waals surface area contributed by atoms with Crippen molar-refractivity contribution in [1.29, 1.82) is 0 Å². The third-order valence-electron chi connectivity index (χ3n) is 2.20. The van der Waals surface area contributed by atoms with E-state index in [4.69, 9.17) is 23.2 Å². The van der Waals surface area contributed by atoms with Crippen LogP contribution in [0.1, 0.15) is 26.2 Å². The highest BCUT2D eigenvalue weighted by molar-refractivity contribution is 6.64. The van der Waals surface area contributed by atoms with Crippen LogP contribution in [0.2, 0.25) is 0 Å². The Bertz CT molecular complexity index is 176. The van der Waals surface area contributed by atoms with Crippen LogP contribution in [0.5, 0.6) is 0 Å². The predicted molar refractivity (Wildman–Crippen MR) is 49.5 cm³/mol. The van der Waals surface area contributed by atoms with E-state index in [1.165, 1.54) is 6.92 Å². The maximum atomic E-state index is 12.6. The van der Waals surface area contributed by atoms with Crippen molar-refractivity contribution >= 4 is 28.4 Å². The van der Waals surface area contributed by atoms with Crippen LogP contribution in [0, 0.1) is 5.41 Å². The molecule has 78 valence electrons. The Labute approximate surface area is 86.4 Å². The van der Waals surface area contributed by atoms with E-state index >= 15 is 0 Å². The van der Waals surface area contributed by atoms with Crippen molar-refractivity contribution in [2.24, 2.45) is 5.41 Å². The first-order valence-electron chi connectivity index (χ1n) is 4.05. The molecule has 0 fully saturated rings. The standard InChI is InChI=1S/C8H12Cl2F2O/c1-2-8(6(10)13,7(11)12)4-3-5-9/h7H,2-5H2,1H3. The lowest BCUT2D eigenvalue weighted by Crippen LogP contribution is -2.35. The molecule has 1 nitrogen and oxygen atoms in total. The first-order valence-corrected chi connectivity index (χ1v) is 4.96. The molecule has 0 heterocycles. The molecule has 0 N–H and O–H groups in total. The normalized spacial score (nSPS) is 15.8. The minimum atomic E-state index is -2.72. The number of carbonyl (C=O) groups excluding carboxylic acids is 1. The summed E-state index contributed by atoms with van der Waals surface area (Å²) in [5, 5.41) is -0.963. The highest BCUT2D eigenvalue weighted by atomic mass is 35.5. The fraction of sp³-hybridized carbons (Fsp3) is 0.875. The lowest BCUT2D eigenvalue weighted by molar-refractivity contribution is -0.131. The molecule has 0 aromatic carbocycles. The lowest BCUT2D eigenvalue weighted by atomic mass is 9.82. The maximum absolute atomic E-state index is 12.6. The Hall–Kier alpha value is 0.110. The molecule has 13 heavy (non-hydrogen) atoms. The molecule has 0 amide bonds. The Morgan fingerprint density at radius 1 is 1.54 bits per heavy atom. The van der Waals surface area contributed by atoms with Crippen LogP contribution in [0.15, 0.2) is 0 Å². The van der Waals surface area contributed by atoms with Gasteiger partial charge < -0.3 is 0 Å². The molecule has 0 aliphatic carbocycles. The van der Waals surface area contributed by atoms with Crippen molar-refractivity contribution in [2.45, 2.75) is 32.6 Å². The third kappa shape index (κ3) is 3.06. The highest BCUT2D eigenvalue weighted by Gasteiger charge is 2.43. The van der Waals surface area contributed by atoms with Crippen molar-refractivity contribution in [3.63, 3.8) is 0 Å². The van der Waals surface area contributed by atoms with E-state index < -0.39 is 17.1 Å². The van der Waals surface area contributed by atoms with Gasteiger partial charge in [-0.15, -0.1) is 11.6 Å². The summed E-state index contributed by atoms with van der Waals surface area (Å²) < 4.78 is 25.2. The van der Waals surface area contributed by atoms with Crippen LogP contribution >= 0.6 is 23.2 Å². The van der Waals surface area contributed by atoms with Gasteiger partial charge in [0.25, 0.3) is 6.43 Å². The van der Waals surface area contributed by atoms with Crippen LogP contribution in [-0.4, -0.2) is 17.5 Å². The number of rotatable bonds is 6. The van der Waals surface area contributed by atoms with Gasteiger partial charge in [-0.1, -0.05) is 6.92 Å². The topological polar surface area (TPSA) is 17.1 Å². The largest absolute Gasteiger partial charge is 0.280 e. The molecular weight excluding hydrogens is 221 g/mol. The van der Waals surface area contributed by atoms with Crippen molar-refractivity contribution in [3.8, 4) is 0 Å². The zero-order valence-corrected chi connectivity index (χ0v) is 8.84. The molecule has 0 spiro atoms. The van der Waals surface area contributed by atoms with Crippen LogP contribution in [0.4, 0.5) is 8.78 Å². The summed E-state index contributed by atoms with van der Waals surface area (Å²) in [7, 11) is 0. The van der Waals surface area contributed by atoms with E-state index in [1.54, 1.807) is 0 Å². The molecule has 0 aliphatic rings. The van der Waals surface area contributed by atoms with Gasteiger partial charge in [0.15, 0.2) is 0 Å². The van der Waals surface area contributed by atoms with E-state index in [-0.39, 0.29) is 18.7 Å². The lowest BCUT2D eigenvalue weighted by Gasteiger charge is -2.27. The highest BCUT2D eigenvalue weighted by Crippen LogP contribution is 2.37. The van der Waals surface area contributed by atoms with Crippen molar-refractivity contribution in [3.05, 3.63) is 0 Å². The summed E-state index contributed by atoms with van der Waals surface area (Å²) in [6.07, 6.45) is -2.25. The monoisotopic (exact) mass is 232 g/mol. The second-order valence-electron chi connectivity index (χ2n) is 2.88. The molecule has 0 saturated heterocycles. The fourth-order valence-corrected chi connectivity index (χ4v) is 1.59. The van der Waals surface area contributed by atoms with E-state index in [0.717, 1.165) is 0 Å². The third-order valence-corrected chi connectivity index (χ3v) is 2.84. The van der Waals surface area contributed by atoms with Crippen LogP contribution in [-0.2, 0) is 4.79 Å². The molecular formula is C8H12Cl2F2O. The van der Waals surface area contributed by atoms with Crippen molar-refractivity contribution in [1.82, 2.24) is 0 Å². The number of alkyl halides is 3. The van der Waals surface area contributed by atoms with E-state index in [9.17, 15) is 13.6 Å². The SMILES string of the molecule is CCC(CCCCl)(C(=O)Cl)C(F)F. The van der Waals surface area contributed by atoms with Crippen molar-refractivity contribution in [2.75, 3.05) is 5.88 Å². The first kappa shape index (κ1) is 13.1. The number of halogens is 4. The Morgan fingerprint density at radius 2 is 2.08 bits per heavy atom. The summed E-state index contributed by atoms with van der Waals surface area (Å²) in [6.45, 7) is 1.53. The average molecular weight is 233 g/mol. The number of carbonyl (C=O) groups is 1. The van der Waals surface area contributed by atoms with E-state index in [2.05, 4.69) is 0 Å². The van der Waals surface area contributed by atoms with Crippen molar-refractivity contribution < 1.29 is 13.6 Å². The fourth-order valence-electron chi connectivity index (χ4n) is 1.15. The number of hydrogen-bond acceptors (Lipinski definition) is 1. The summed E-state index contributed by atoms with van der Waals surface area (Å²) in [5.41, 5.74) is -1.70. The van der Waals surface area contributed by atoms with Gasteiger partial charge in [-0.05, 0) is 30.9 Å². The van der Waals surface area contributed by atoms with Gasteiger partial charge in [-0.25, -0.2) is 8.78 Å². The van der Waals surface area contributed by atoms with Gasteiger partial charge in [-0.3, -0.25) is 4.79 Å². The van der Waals surface area contributed by atoms with Gasteiger partial charge in [0.1, 0.15) is 5.41 Å². The van der Waals surface area contributed by atoms with E-state index in [1.807, 2.05) is 0 Å². The second-order valence-corrected chi connectivity index (χ2v) is 3.60. The molecule has 0 bridgehead atoms. The summed E-state index contributed by atoms with van der Waals surface area (Å²) in [5.74, 6) is 0.263. The molecule has 5 heteroatoms. The van der Waals surface area contributed by atoms with Crippen LogP contribution < -0.4 is 0 Å². The Morgan fingerprint density at radius 3 is 2.31 bits per heavy atom. The van der Waals surface area contributed by atoms with Crippen LogP contribution in [0.3, 0.4) is 0 Å². The molecule has 0 saturated carbocycles. The smallest absolute Gasteiger partial charge is 0.252 e. The van der Waals surface area contributed by atoms with Gasteiger partial charge in [-0.2, -0.15) is 0 Å². The molecule has 0 radical (unpaired) electrons. The minimum absolute atomic E-state index is 0.0455. The predicted octanol–water partition coefficient (Wildman–Crippen LogP) is 3.43. The van der Waals surface area contributed by atoms with Crippen LogP contribution in [0.25, 0.3) is 0 Å². The summed E-state index contributed by atoms with van der Waals surface area (Å²) in [6, 6.07) is 0. The summed E-state index contributed by atoms with van der Waals surface area (Å²) in [4.78, 5) is 10.9. The minimum Gasteiger partial charge on any atom is -0.280 e. The van der Waals surface area contributed by atoms with Gasteiger partial charge in [0.05, 0.1) is 0 Å². The second kappa shape index (κ2) is 5.76. The molecule has 0 rings (SSSR count). The van der Waals surface area contributed by atoms with E-state index in [0.29, 0.717) is 6.42 Å².